The lowest BCUT2D eigenvalue weighted by Gasteiger charge is -2.26. The van der Waals surface area contributed by atoms with E-state index in [4.69, 9.17) is 23.2 Å². The molecule has 1 aromatic heterocycles. The average Bonchev–Trinajstić information content (AvgIpc) is 2.89. The molecule has 1 aliphatic heterocycles. The quantitative estimate of drug-likeness (QED) is 0.898. The lowest BCUT2D eigenvalue weighted by Crippen LogP contribution is -2.48. The molecule has 0 saturated carbocycles. The number of nitrogens with zero attached hydrogens (tertiary/aromatic N) is 1. The van der Waals surface area contributed by atoms with Crippen LogP contribution in [0.4, 0.5) is 0 Å². The fourth-order valence-electron chi connectivity index (χ4n) is 1.96. The van der Waals surface area contributed by atoms with Crippen LogP contribution < -0.4 is 10.6 Å². The molecule has 2 N–H and O–H groups in total. The van der Waals surface area contributed by atoms with Gasteiger partial charge in [0.15, 0.2) is 0 Å². The van der Waals surface area contributed by atoms with E-state index in [0.717, 1.165) is 23.7 Å². The number of carbonyl (C=O) groups excluding carboxylic acids is 1. The van der Waals surface area contributed by atoms with Crippen molar-refractivity contribution in [2.75, 3.05) is 19.6 Å². The van der Waals surface area contributed by atoms with Gasteiger partial charge in [0.05, 0.1) is 10.0 Å². The molecule has 0 aliphatic carbocycles. The zero-order valence-corrected chi connectivity index (χ0v) is 13.4. The van der Waals surface area contributed by atoms with Crippen molar-refractivity contribution in [1.29, 1.82) is 0 Å². The molecule has 1 aromatic carbocycles. The Balaban J connectivity index is 1.69. The van der Waals surface area contributed by atoms with Crippen molar-refractivity contribution in [3.8, 4) is 10.6 Å². The molecule has 1 amide bonds. The number of rotatable bonds is 4. The molecule has 0 radical (unpaired) electrons. The van der Waals surface area contributed by atoms with Crippen LogP contribution >= 0.6 is 34.5 Å². The maximum Gasteiger partial charge on any atom is 0.270 e. The third-order valence-electron chi connectivity index (χ3n) is 3.32. The molecule has 1 aliphatic rings. The summed E-state index contributed by atoms with van der Waals surface area (Å²) < 4.78 is 0. The highest BCUT2D eigenvalue weighted by atomic mass is 35.5. The van der Waals surface area contributed by atoms with E-state index in [1.54, 1.807) is 17.5 Å². The molecule has 1 fully saturated rings. The number of hydrogen-bond acceptors (Lipinski definition) is 4. The first kappa shape index (κ1) is 14.8. The number of hydrogen-bond donors (Lipinski definition) is 2. The lowest BCUT2D eigenvalue weighted by atomic mass is 10.0. The van der Waals surface area contributed by atoms with Crippen molar-refractivity contribution in [1.82, 2.24) is 15.6 Å². The number of aromatic nitrogens is 1. The summed E-state index contributed by atoms with van der Waals surface area (Å²) >= 11 is 13.3. The largest absolute Gasteiger partial charge is 0.350 e. The van der Waals surface area contributed by atoms with Crippen molar-refractivity contribution in [3.63, 3.8) is 0 Å². The second kappa shape index (κ2) is 6.32. The minimum absolute atomic E-state index is 0.135. The van der Waals surface area contributed by atoms with Gasteiger partial charge in [0.1, 0.15) is 10.7 Å². The number of nitrogens with one attached hydrogen (secondary N) is 2. The van der Waals surface area contributed by atoms with Crippen LogP contribution in [-0.2, 0) is 0 Å². The molecule has 21 heavy (non-hydrogen) atoms. The summed E-state index contributed by atoms with van der Waals surface area (Å²) in [6.45, 7) is 2.61. The highest BCUT2D eigenvalue weighted by Gasteiger charge is 2.19. The molecule has 3 rings (SSSR count). The Labute approximate surface area is 136 Å². The van der Waals surface area contributed by atoms with E-state index in [9.17, 15) is 4.79 Å². The molecule has 7 heteroatoms. The minimum Gasteiger partial charge on any atom is -0.350 e. The monoisotopic (exact) mass is 341 g/mol. The van der Waals surface area contributed by atoms with Gasteiger partial charge in [-0.3, -0.25) is 4.79 Å². The van der Waals surface area contributed by atoms with Gasteiger partial charge in [0, 0.05) is 36.5 Å². The Morgan fingerprint density at radius 3 is 2.86 bits per heavy atom. The van der Waals surface area contributed by atoms with Crippen LogP contribution in [0, 0.1) is 5.92 Å². The first-order valence-electron chi connectivity index (χ1n) is 6.53. The normalized spacial score (nSPS) is 14.8. The van der Waals surface area contributed by atoms with E-state index in [1.165, 1.54) is 11.3 Å². The first-order valence-corrected chi connectivity index (χ1v) is 8.17. The first-order chi connectivity index (χ1) is 10.1. The van der Waals surface area contributed by atoms with Gasteiger partial charge in [-0.15, -0.1) is 11.3 Å². The molecule has 110 valence electrons. The number of halogens is 2. The van der Waals surface area contributed by atoms with Crippen LogP contribution in [0.1, 0.15) is 10.5 Å². The minimum atomic E-state index is -0.135. The summed E-state index contributed by atoms with van der Waals surface area (Å²) in [6, 6.07) is 5.32. The second-order valence-electron chi connectivity index (χ2n) is 4.90. The number of amides is 1. The molecule has 0 atom stereocenters. The highest BCUT2D eigenvalue weighted by Crippen LogP contribution is 2.30. The van der Waals surface area contributed by atoms with E-state index >= 15 is 0 Å². The van der Waals surface area contributed by atoms with E-state index in [1.807, 2.05) is 6.07 Å². The Hall–Kier alpha value is -1.14. The molecule has 2 aromatic rings. The van der Waals surface area contributed by atoms with Gasteiger partial charge in [-0.1, -0.05) is 29.3 Å². The topological polar surface area (TPSA) is 54.0 Å². The Morgan fingerprint density at radius 2 is 2.19 bits per heavy atom. The number of thiazole rings is 1. The second-order valence-corrected chi connectivity index (χ2v) is 6.57. The summed E-state index contributed by atoms with van der Waals surface area (Å²) in [6.07, 6.45) is 0. The lowest BCUT2D eigenvalue weighted by molar-refractivity contribution is 0.0938. The van der Waals surface area contributed by atoms with Crippen LogP contribution in [0.15, 0.2) is 23.6 Å². The van der Waals surface area contributed by atoms with Crippen LogP contribution in [-0.4, -0.2) is 30.5 Å². The molecule has 1 saturated heterocycles. The smallest absolute Gasteiger partial charge is 0.270 e. The van der Waals surface area contributed by atoms with Crippen molar-refractivity contribution in [3.05, 3.63) is 39.3 Å². The Kier molecular flexibility index (Phi) is 4.45. The van der Waals surface area contributed by atoms with Crippen molar-refractivity contribution >= 4 is 40.4 Å². The van der Waals surface area contributed by atoms with Crippen LogP contribution in [0.5, 0.6) is 0 Å². The molecule has 4 nitrogen and oxygen atoms in total. The zero-order chi connectivity index (χ0) is 14.8. The van der Waals surface area contributed by atoms with Gasteiger partial charge in [-0.2, -0.15) is 0 Å². The predicted octanol–water partition coefficient (Wildman–Crippen LogP) is 3.07. The van der Waals surface area contributed by atoms with E-state index in [2.05, 4.69) is 15.6 Å². The third kappa shape index (κ3) is 3.37. The predicted molar refractivity (Wildman–Crippen MR) is 86.3 cm³/mol. The summed E-state index contributed by atoms with van der Waals surface area (Å²) in [5, 5.41) is 9.57. The summed E-state index contributed by atoms with van der Waals surface area (Å²) in [7, 11) is 0. The maximum absolute atomic E-state index is 12.0. The van der Waals surface area contributed by atoms with E-state index in [-0.39, 0.29) is 5.91 Å². The molecule has 0 unspecified atom stereocenters. The van der Waals surface area contributed by atoms with Crippen LogP contribution in [0.2, 0.25) is 10.0 Å². The fourth-order valence-corrected chi connectivity index (χ4v) is 3.06. The van der Waals surface area contributed by atoms with E-state index in [0.29, 0.717) is 28.2 Å². The SMILES string of the molecule is O=C(NCC1CNC1)c1csc(-c2ccc(Cl)c(Cl)c2)n1. The van der Waals surface area contributed by atoms with Crippen LogP contribution in [0.3, 0.4) is 0 Å². The average molecular weight is 342 g/mol. The van der Waals surface area contributed by atoms with E-state index < -0.39 is 0 Å². The van der Waals surface area contributed by atoms with Gasteiger partial charge in [-0.25, -0.2) is 4.98 Å². The van der Waals surface area contributed by atoms with Crippen molar-refractivity contribution in [2.24, 2.45) is 5.92 Å². The van der Waals surface area contributed by atoms with Gasteiger partial charge in [0.25, 0.3) is 5.91 Å². The van der Waals surface area contributed by atoms with Gasteiger partial charge >= 0.3 is 0 Å². The molecule has 0 bridgehead atoms. The summed E-state index contributed by atoms with van der Waals surface area (Å²) in [5.41, 5.74) is 1.30. The van der Waals surface area contributed by atoms with Gasteiger partial charge in [0.2, 0.25) is 0 Å². The fraction of sp³-hybridized carbons (Fsp3) is 0.286. The number of benzene rings is 1. The standard InChI is InChI=1S/C14H13Cl2N3OS/c15-10-2-1-9(3-11(10)16)14-19-12(7-21-14)13(20)18-6-8-4-17-5-8/h1-3,7-8,17H,4-6H2,(H,18,20). The van der Waals surface area contributed by atoms with Gasteiger partial charge in [-0.05, 0) is 12.1 Å². The van der Waals surface area contributed by atoms with Crippen molar-refractivity contribution < 1.29 is 4.79 Å². The van der Waals surface area contributed by atoms with Crippen molar-refractivity contribution in [2.45, 2.75) is 0 Å². The Bertz CT molecular complexity index is 670. The Morgan fingerprint density at radius 1 is 1.38 bits per heavy atom. The summed E-state index contributed by atoms with van der Waals surface area (Å²) in [5.74, 6) is 0.395. The molecule has 2 heterocycles. The zero-order valence-electron chi connectivity index (χ0n) is 11.0. The molecular formula is C14H13Cl2N3OS. The highest BCUT2D eigenvalue weighted by molar-refractivity contribution is 7.13. The maximum atomic E-state index is 12.0. The molecule has 0 spiro atoms. The third-order valence-corrected chi connectivity index (χ3v) is 4.95. The number of carbonyl (C=O) groups is 1. The molecular weight excluding hydrogens is 329 g/mol. The van der Waals surface area contributed by atoms with Gasteiger partial charge < -0.3 is 10.6 Å². The van der Waals surface area contributed by atoms with Crippen LogP contribution in [0.25, 0.3) is 10.6 Å². The summed E-state index contributed by atoms with van der Waals surface area (Å²) in [4.78, 5) is 16.4.